The largest absolute Gasteiger partial charge is 0.494 e. The van der Waals surface area contributed by atoms with Gasteiger partial charge in [0.25, 0.3) is 0 Å². The summed E-state index contributed by atoms with van der Waals surface area (Å²) in [6.07, 6.45) is 12.1. The van der Waals surface area contributed by atoms with E-state index in [9.17, 15) is 4.79 Å². The topological polar surface area (TPSA) is 54.0 Å². The molecular weight excluding hydrogens is 464 g/mol. The molecule has 0 spiro atoms. The third-order valence-corrected chi connectivity index (χ3v) is 7.19. The Morgan fingerprint density at radius 3 is 2.19 bits per heavy atom. The molecule has 1 aliphatic heterocycles. The van der Waals surface area contributed by atoms with Gasteiger partial charge in [0.2, 0.25) is 0 Å². The highest BCUT2D eigenvalue weighted by Gasteiger charge is 2.23. The predicted molar refractivity (Wildman–Crippen MR) is 148 cm³/mol. The van der Waals surface area contributed by atoms with Crippen LogP contribution in [0.3, 0.4) is 0 Å². The van der Waals surface area contributed by atoms with Gasteiger partial charge in [-0.3, -0.25) is 0 Å². The van der Waals surface area contributed by atoms with Gasteiger partial charge in [0.15, 0.2) is 6.29 Å². The van der Waals surface area contributed by atoms with E-state index in [1.807, 2.05) is 24.3 Å². The van der Waals surface area contributed by atoms with Crippen LogP contribution in [-0.2, 0) is 9.47 Å². The average molecular weight is 511 g/mol. The first kappa shape index (κ1) is 29.2. The standard InChI is InChI=1S/C32H46O5/c1-4-6-7-8-9-10-13-26-23-35-32(36-24-26)28-16-20-30(21-17-28)37-31(33)27-14-18-29(19-15-27)34-22-11-12-25(3)5-2/h14-21,25-26,32H,4-13,22-24H2,1-3H3/t25-,26?,32?/m0/s1. The number of rotatable bonds is 16. The van der Waals surface area contributed by atoms with Crippen molar-refractivity contribution in [2.45, 2.75) is 91.3 Å². The maximum Gasteiger partial charge on any atom is 0.343 e. The van der Waals surface area contributed by atoms with Gasteiger partial charge < -0.3 is 18.9 Å². The van der Waals surface area contributed by atoms with Crippen LogP contribution in [0.1, 0.15) is 107 Å². The summed E-state index contributed by atoms with van der Waals surface area (Å²) in [5.74, 6) is 2.08. The minimum absolute atomic E-state index is 0.358. The second kappa shape index (κ2) is 16.5. The summed E-state index contributed by atoms with van der Waals surface area (Å²) < 4.78 is 23.3. The fourth-order valence-corrected chi connectivity index (χ4v) is 4.49. The first-order chi connectivity index (χ1) is 18.1. The zero-order valence-corrected chi connectivity index (χ0v) is 23.1. The van der Waals surface area contributed by atoms with Crippen LogP contribution in [0.15, 0.2) is 48.5 Å². The summed E-state index contributed by atoms with van der Waals surface area (Å²) in [4.78, 5) is 12.6. The summed E-state index contributed by atoms with van der Waals surface area (Å²) >= 11 is 0. The number of hydrogen-bond donors (Lipinski definition) is 0. The zero-order valence-electron chi connectivity index (χ0n) is 23.1. The van der Waals surface area contributed by atoms with Crippen LogP contribution >= 0.6 is 0 Å². The molecule has 0 unspecified atom stereocenters. The molecule has 37 heavy (non-hydrogen) atoms. The predicted octanol–water partition coefficient (Wildman–Crippen LogP) is 8.52. The Kier molecular flexibility index (Phi) is 13.0. The molecule has 0 bridgehead atoms. The van der Waals surface area contributed by atoms with Crippen molar-refractivity contribution in [3.63, 3.8) is 0 Å². The summed E-state index contributed by atoms with van der Waals surface area (Å²) in [6, 6.07) is 14.5. The fraction of sp³-hybridized carbons (Fsp3) is 0.594. The first-order valence-corrected chi connectivity index (χ1v) is 14.4. The van der Waals surface area contributed by atoms with Crippen molar-refractivity contribution < 1.29 is 23.7 Å². The molecule has 0 saturated carbocycles. The van der Waals surface area contributed by atoms with E-state index in [-0.39, 0.29) is 6.29 Å². The summed E-state index contributed by atoms with van der Waals surface area (Å²) in [5.41, 5.74) is 1.43. The lowest BCUT2D eigenvalue weighted by atomic mass is 10.0. The van der Waals surface area contributed by atoms with E-state index in [0.717, 1.165) is 36.9 Å². The zero-order chi connectivity index (χ0) is 26.3. The molecule has 0 amide bonds. The number of benzene rings is 2. The van der Waals surface area contributed by atoms with Gasteiger partial charge in [0, 0.05) is 11.5 Å². The van der Waals surface area contributed by atoms with Gasteiger partial charge in [-0.2, -0.15) is 0 Å². The van der Waals surface area contributed by atoms with Crippen molar-refractivity contribution in [1.29, 1.82) is 0 Å². The average Bonchev–Trinajstić information content (AvgIpc) is 2.94. The summed E-state index contributed by atoms with van der Waals surface area (Å²) in [7, 11) is 0. The third kappa shape index (κ3) is 10.5. The van der Waals surface area contributed by atoms with Crippen molar-refractivity contribution in [1.82, 2.24) is 0 Å². The molecule has 1 aliphatic rings. The number of carbonyl (C=O) groups excluding carboxylic acids is 1. The highest BCUT2D eigenvalue weighted by Crippen LogP contribution is 2.29. The molecular formula is C32H46O5. The molecule has 2 aromatic carbocycles. The Hall–Kier alpha value is -2.37. The quantitative estimate of drug-likeness (QED) is 0.129. The van der Waals surface area contributed by atoms with Crippen molar-refractivity contribution in [2.24, 2.45) is 11.8 Å². The van der Waals surface area contributed by atoms with Crippen molar-refractivity contribution in [3.05, 3.63) is 59.7 Å². The van der Waals surface area contributed by atoms with Crippen molar-refractivity contribution >= 4 is 5.97 Å². The molecule has 204 valence electrons. The van der Waals surface area contributed by atoms with E-state index in [1.165, 1.54) is 57.8 Å². The summed E-state index contributed by atoms with van der Waals surface area (Å²) in [6.45, 7) is 8.87. The lowest BCUT2D eigenvalue weighted by molar-refractivity contribution is -0.206. The second-order valence-corrected chi connectivity index (χ2v) is 10.4. The SMILES string of the molecule is CCCCCCCCC1COC(c2ccc(OC(=O)c3ccc(OCCC[C@@H](C)CC)cc3)cc2)OC1. The Bertz CT molecular complexity index is 884. The second-order valence-electron chi connectivity index (χ2n) is 10.4. The van der Waals surface area contributed by atoms with E-state index in [2.05, 4.69) is 20.8 Å². The molecule has 0 aromatic heterocycles. The van der Waals surface area contributed by atoms with Crippen LogP contribution in [0, 0.1) is 11.8 Å². The number of hydrogen-bond acceptors (Lipinski definition) is 5. The number of unbranched alkanes of at least 4 members (excludes halogenated alkanes) is 5. The van der Waals surface area contributed by atoms with Gasteiger partial charge in [0.05, 0.1) is 25.4 Å². The smallest absolute Gasteiger partial charge is 0.343 e. The van der Waals surface area contributed by atoms with Crippen LogP contribution < -0.4 is 9.47 Å². The van der Waals surface area contributed by atoms with Crippen molar-refractivity contribution in [2.75, 3.05) is 19.8 Å². The fourth-order valence-electron chi connectivity index (χ4n) is 4.49. The van der Waals surface area contributed by atoms with E-state index < -0.39 is 5.97 Å². The van der Waals surface area contributed by atoms with Crippen LogP contribution in [0.2, 0.25) is 0 Å². The Balaban J connectivity index is 1.36. The maximum absolute atomic E-state index is 12.6. The molecule has 1 saturated heterocycles. The highest BCUT2D eigenvalue weighted by molar-refractivity contribution is 5.91. The molecule has 1 heterocycles. The molecule has 5 nitrogen and oxygen atoms in total. The van der Waals surface area contributed by atoms with Gasteiger partial charge in [-0.15, -0.1) is 0 Å². The monoisotopic (exact) mass is 510 g/mol. The Labute approximate surface area is 223 Å². The molecule has 2 aromatic rings. The summed E-state index contributed by atoms with van der Waals surface area (Å²) in [5, 5.41) is 0. The molecule has 0 radical (unpaired) electrons. The van der Waals surface area contributed by atoms with Gasteiger partial charge >= 0.3 is 5.97 Å². The highest BCUT2D eigenvalue weighted by atomic mass is 16.7. The van der Waals surface area contributed by atoms with Crippen LogP contribution in [-0.4, -0.2) is 25.8 Å². The number of ether oxygens (including phenoxy) is 4. The third-order valence-electron chi connectivity index (χ3n) is 7.19. The van der Waals surface area contributed by atoms with Gasteiger partial charge in [-0.05, 0) is 61.6 Å². The Morgan fingerprint density at radius 1 is 0.865 bits per heavy atom. The van der Waals surface area contributed by atoms with E-state index in [0.29, 0.717) is 23.8 Å². The van der Waals surface area contributed by atoms with E-state index in [1.54, 1.807) is 24.3 Å². The van der Waals surface area contributed by atoms with Gasteiger partial charge in [-0.1, -0.05) is 77.8 Å². The van der Waals surface area contributed by atoms with Gasteiger partial charge in [0.1, 0.15) is 11.5 Å². The minimum Gasteiger partial charge on any atom is -0.494 e. The first-order valence-electron chi connectivity index (χ1n) is 14.4. The van der Waals surface area contributed by atoms with Crippen LogP contribution in [0.5, 0.6) is 11.5 Å². The Morgan fingerprint density at radius 2 is 1.51 bits per heavy atom. The maximum atomic E-state index is 12.6. The number of esters is 1. The lowest BCUT2D eigenvalue weighted by Gasteiger charge is -2.29. The lowest BCUT2D eigenvalue weighted by Crippen LogP contribution is -2.27. The molecule has 3 rings (SSSR count). The van der Waals surface area contributed by atoms with E-state index in [4.69, 9.17) is 18.9 Å². The normalized spacial score (nSPS) is 18.4. The molecule has 0 aliphatic carbocycles. The molecule has 0 N–H and O–H groups in total. The van der Waals surface area contributed by atoms with Crippen LogP contribution in [0.25, 0.3) is 0 Å². The van der Waals surface area contributed by atoms with Crippen LogP contribution in [0.4, 0.5) is 0 Å². The van der Waals surface area contributed by atoms with Gasteiger partial charge in [-0.25, -0.2) is 4.79 Å². The minimum atomic E-state index is -0.390. The van der Waals surface area contributed by atoms with Crippen molar-refractivity contribution in [3.8, 4) is 11.5 Å². The number of carbonyl (C=O) groups is 1. The molecule has 1 fully saturated rings. The van der Waals surface area contributed by atoms with E-state index >= 15 is 0 Å². The molecule has 1 atom stereocenters. The molecule has 5 heteroatoms.